The molecule has 2 atom stereocenters. The van der Waals surface area contributed by atoms with E-state index >= 15 is 0 Å². The van der Waals surface area contributed by atoms with Gasteiger partial charge in [0.15, 0.2) is 6.10 Å². The van der Waals surface area contributed by atoms with E-state index in [0.717, 1.165) is 12.8 Å². The van der Waals surface area contributed by atoms with Crippen LogP contribution >= 0.6 is 0 Å². The minimum Gasteiger partial charge on any atom is -0.477 e. The molecule has 0 radical (unpaired) electrons. The maximum atomic E-state index is 12.5. The predicted molar refractivity (Wildman–Crippen MR) is 79.9 cm³/mol. The van der Waals surface area contributed by atoms with Crippen LogP contribution in [-0.2, 0) is 9.59 Å². The third kappa shape index (κ3) is 3.52. The lowest BCUT2D eigenvalue weighted by atomic mass is 10.1. The minimum atomic E-state index is -0.828. The van der Waals surface area contributed by atoms with Gasteiger partial charge in [0, 0.05) is 12.5 Å². The standard InChI is InChI=1S/C15H21N3O3/c1-2-5-10(16)8-14(19)18-9-13(15(17)20)21-12-7-4-3-6-11(12)18/h3-4,6-7,10,13H,2,5,8-9,16H2,1H3,(H2,17,20). The minimum absolute atomic E-state index is 0.113. The number of hydrogen-bond donors (Lipinski definition) is 2. The van der Waals surface area contributed by atoms with E-state index in [9.17, 15) is 9.59 Å². The van der Waals surface area contributed by atoms with Gasteiger partial charge >= 0.3 is 0 Å². The van der Waals surface area contributed by atoms with Crippen LogP contribution in [0, 0.1) is 0 Å². The van der Waals surface area contributed by atoms with Crippen LogP contribution in [0.15, 0.2) is 24.3 Å². The van der Waals surface area contributed by atoms with E-state index in [1.807, 2.05) is 13.0 Å². The van der Waals surface area contributed by atoms with Crippen LogP contribution < -0.4 is 21.1 Å². The summed E-state index contributed by atoms with van der Waals surface area (Å²) < 4.78 is 5.53. The fourth-order valence-electron chi connectivity index (χ4n) is 2.43. The van der Waals surface area contributed by atoms with Crippen LogP contribution in [0.5, 0.6) is 5.75 Å². The highest BCUT2D eigenvalue weighted by Gasteiger charge is 2.32. The van der Waals surface area contributed by atoms with Crippen LogP contribution in [0.25, 0.3) is 0 Å². The molecule has 114 valence electrons. The van der Waals surface area contributed by atoms with Gasteiger partial charge in [-0.15, -0.1) is 0 Å². The van der Waals surface area contributed by atoms with Crippen molar-refractivity contribution in [3.8, 4) is 5.75 Å². The van der Waals surface area contributed by atoms with Crippen LogP contribution in [-0.4, -0.2) is 30.5 Å². The molecule has 0 fully saturated rings. The van der Waals surface area contributed by atoms with Crippen LogP contribution in [0.2, 0.25) is 0 Å². The Morgan fingerprint density at radius 1 is 1.43 bits per heavy atom. The van der Waals surface area contributed by atoms with E-state index < -0.39 is 12.0 Å². The first-order chi connectivity index (χ1) is 10.0. The van der Waals surface area contributed by atoms with E-state index in [0.29, 0.717) is 11.4 Å². The molecule has 2 unspecified atom stereocenters. The van der Waals surface area contributed by atoms with E-state index in [1.165, 1.54) is 0 Å². The van der Waals surface area contributed by atoms with Crippen molar-refractivity contribution in [2.75, 3.05) is 11.4 Å². The summed E-state index contributed by atoms with van der Waals surface area (Å²) in [6, 6.07) is 6.93. The van der Waals surface area contributed by atoms with Gasteiger partial charge in [-0.05, 0) is 18.6 Å². The van der Waals surface area contributed by atoms with Crippen molar-refractivity contribution in [1.82, 2.24) is 0 Å². The highest BCUT2D eigenvalue weighted by atomic mass is 16.5. The number of fused-ring (bicyclic) bond motifs is 1. The lowest BCUT2D eigenvalue weighted by Crippen LogP contribution is -2.50. The quantitative estimate of drug-likeness (QED) is 0.837. The number of benzene rings is 1. The van der Waals surface area contributed by atoms with Gasteiger partial charge in [-0.3, -0.25) is 9.59 Å². The Morgan fingerprint density at radius 2 is 2.14 bits per heavy atom. The number of hydrogen-bond acceptors (Lipinski definition) is 4. The average Bonchev–Trinajstić information content (AvgIpc) is 2.46. The van der Waals surface area contributed by atoms with Gasteiger partial charge in [0.05, 0.1) is 12.2 Å². The number of nitrogens with zero attached hydrogens (tertiary/aromatic N) is 1. The number of primary amides is 1. The Hall–Kier alpha value is -2.08. The largest absolute Gasteiger partial charge is 0.477 e. The van der Waals surface area contributed by atoms with Crippen molar-refractivity contribution in [1.29, 1.82) is 0 Å². The molecule has 0 aliphatic carbocycles. The zero-order valence-corrected chi connectivity index (χ0v) is 12.1. The zero-order chi connectivity index (χ0) is 15.4. The number of ether oxygens (including phenoxy) is 1. The number of anilines is 1. The maximum absolute atomic E-state index is 12.5. The summed E-state index contributed by atoms with van der Waals surface area (Å²) in [5.41, 5.74) is 11.9. The fraction of sp³-hybridized carbons (Fsp3) is 0.467. The number of carbonyl (C=O) groups excluding carboxylic acids is 2. The van der Waals surface area contributed by atoms with Gasteiger partial charge in [-0.2, -0.15) is 0 Å². The topological polar surface area (TPSA) is 98.7 Å². The lowest BCUT2D eigenvalue weighted by molar-refractivity contribution is -0.125. The van der Waals surface area contributed by atoms with Crippen molar-refractivity contribution in [2.24, 2.45) is 11.5 Å². The first-order valence-electron chi connectivity index (χ1n) is 7.13. The lowest BCUT2D eigenvalue weighted by Gasteiger charge is -2.34. The molecule has 0 saturated heterocycles. The highest BCUT2D eigenvalue weighted by molar-refractivity contribution is 5.97. The molecule has 21 heavy (non-hydrogen) atoms. The molecule has 6 heteroatoms. The summed E-state index contributed by atoms with van der Waals surface area (Å²) in [5, 5.41) is 0. The number of para-hydroxylation sites is 2. The van der Waals surface area contributed by atoms with Gasteiger partial charge in [0.1, 0.15) is 5.75 Å². The van der Waals surface area contributed by atoms with Crippen molar-refractivity contribution in [3.05, 3.63) is 24.3 Å². The molecular formula is C15H21N3O3. The number of amides is 2. The Labute approximate surface area is 124 Å². The third-order valence-corrected chi connectivity index (χ3v) is 3.49. The molecule has 4 N–H and O–H groups in total. The molecule has 2 rings (SSSR count). The summed E-state index contributed by atoms with van der Waals surface area (Å²) in [5.74, 6) is -0.205. The van der Waals surface area contributed by atoms with Gasteiger partial charge in [0.2, 0.25) is 5.91 Å². The third-order valence-electron chi connectivity index (χ3n) is 3.49. The first-order valence-corrected chi connectivity index (χ1v) is 7.13. The number of carbonyl (C=O) groups is 2. The van der Waals surface area contributed by atoms with Gasteiger partial charge in [-0.1, -0.05) is 25.5 Å². The van der Waals surface area contributed by atoms with Crippen molar-refractivity contribution < 1.29 is 14.3 Å². The summed E-state index contributed by atoms with van der Waals surface area (Å²) in [6.07, 6.45) is 1.13. The molecule has 0 spiro atoms. The second-order valence-corrected chi connectivity index (χ2v) is 5.23. The van der Waals surface area contributed by atoms with Gasteiger partial charge < -0.3 is 21.1 Å². The normalized spacial score (nSPS) is 18.6. The summed E-state index contributed by atoms with van der Waals surface area (Å²) in [4.78, 5) is 25.4. The van der Waals surface area contributed by atoms with Crippen LogP contribution in [0.1, 0.15) is 26.2 Å². The number of nitrogens with two attached hydrogens (primary N) is 2. The summed E-state index contributed by atoms with van der Waals surface area (Å²) in [7, 11) is 0. The van der Waals surface area contributed by atoms with Crippen molar-refractivity contribution >= 4 is 17.5 Å². The van der Waals surface area contributed by atoms with E-state index in [-0.39, 0.29) is 24.9 Å². The molecule has 2 amide bonds. The summed E-state index contributed by atoms with van der Waals surface area (Å²) in [6.45, 7) is 2.15. The molecule has 0 bridgehead atoms. The SMILES string of the molecule is CCCC(N)CC(=O)N1CC(C(N)=O)Oc2ccccc21. The van der Waals surface area contributed by atoms with E-state index in [1.54, 1.807) is 23.1 Å². The smallest absolute Gasteiger partial charge is 0.260 e. The molecule has 1 aliphatic heterocycles. The molecule has 0 saturated carbocycles. The van der Waals surface area contributed by atoms with Crippen LogP contribution in [0.3, 0.4) is 0 Å². The fourth-order valence-corrected chi connectivity index (χ4v) is 2.43. The molecule has 1 aliphatic rings. The predicted octanol–water partition coefficient (Wildman–Crippen LogP) is 0.783. The second kappa shape index (κ2) is 6.58. The Balaban J connectivity index is 2.20. The molecule has 1 aromatic rings. The molecule has 1 heterocycles. The molecule has 1 aromatic carbocycles. The molecule has 0 aromatic heterocycles. The molecule has 6 nitrogen and oxygen atoms in total. The Kier molecular flexibility index (Phi) is 4.80. The van der Waals surface area contributed by atoms with Gasteiger partial charge in [-0.25, -0.2) is 0 Å². The average molecular weight is 291 g/mol. The number of rotatable bonds is 5. The van der Waals surface area contributed by atoms with Crippen molar-refractivity contribution in [2.45, 2.75) is 38.3 Å². The van der Waals surface area contributed by atoms with E-state index in [4.69, 9.17) is 16.2 Å². The Bertz CT molecular complexity index is 533. The highest BCUT2D eigenvalue weighted by Crippen LogP contribution is 2.33. The Morgan fingerprint density at radius 3 is 2.81 bits per heavy atom. The molecular weight excluding hydrogens is 270 g/mol. The summed E-state index contributed by atoms with van der Waals surface area (Å²) >= 11 is 0. The van der Waals surface area contributed by atoms with Crippen LogP contribution in [0.4, 0.5) is 5.69 Å². The van der Waals surface area contributed by atoms with Crippen molar-refractivity contribution in [3.63, 3.8) is 0 Å². The van der Waals surface area contributed by atoms with E-state index in [2.05, 4.69) is 0 Å². The maximum Gasteiger partial charge on any atom is 0.260 e. The second-order valence-electron chi connectivity index (χ2n) is 5.23. The van der Waals surface area contributed by atoms with Gasteiger partial charge in [0.25, 0.3) is 5.91 Å². The zero-order valence-electron chi connectivity index (χ0n) is 12.1. The first kappa shape index (κ1) is 15.3. The monoisotopic (exact) mass is 291 g/mol.